The van der Waals surface area contributed by atoms with Gasteiger partial charge in [-0.1, -0.05) is 11.6 Å². The molecule has 1 fully saturated rings. The van der Waals surface area contributed by atoms with Gasteiger partial charge in [0.05, 0.1) is 17.3 Å². The smallest absolute Gasteiger partial charge is 0.255 e. The molecule has 2 aromatic carbocycles. The van der Waals surface area contributed by atoms with E-state index in [-0.39, 0.29) is 18.4 Å². The minimum absolute atomic E-state index is 0.0744. The van der Waals surface area contributed by atoms with Gasteiger partial charge in [-0.15, -0.1) is 0 Å². The number of ether oxygens (including phenoxy) is 1. The molecule has 1 heterocycles. The largest absolute Gasteiger partial charge is 0.398 e. The average Bonchev–Trinajstić information content (AvgIpc) is 2.58. The first-order valence-electron chi connectivity index (χ1n) is 7.39. The number of amides is 2. The number of carbonyl (C=O) groups is 2. The minimum Gasteiger partial charge on any atom is -0.398 e. The van der Waals surface area contributed by atoms with Crippen molar-refractivity contribution >= 4 is 40.5 Å². The number of nitrogens with one attached hydrogen (secondary N) is 1. The van der Waals surface area contributed by atoms with E-state index in [0.717, 1.165) is 5.69 Å². The number of nitrogen functional groups attached to an aromatic ring is 1. The highest BCUT2D eigenvalue weighted by atomic mass is 35.5. The fourth-order valence-electron chi connectivity index (χ4n) is 2.40. The summed E-state index contributed by atoms with van der Waals surface area (Å²) in [5.41, 5.74) is 7.88. The van der Waals surface area contributed by atoms with E-state index in [0.29, 0.717) is 35.1 Å². The monoisotopic (exact) mass is 345 g/mol. The van der Waals surface area contributed by atoms with Gasteiger partial charge in [0.1, 0.15) is 6.61 Å². The lowest BCUT2D eigenvalue weighted by Crippen LogP contribution is -2.41. The average molecular weight is 346 g/mol. The number of nitrogens with two attached hydrogens (primary N) is 1. The minimum atomic E-state index is -0.284. The molecule has 3 N–H and O–H groups in total. The van der Waals surface area contributed by atoms with Gasteiger partial charge < -0.3 is 20.7 Å². The number of morpholine rings is 1. The molecule has 6 nitrogen and oxygen atoms in total. The summed E-state index contributed by atoms with van der Waals surface area (Å²) in [5.74, 6) is -0.358. The number of hydrogen-bond acceptors (Lipinski definition) is 4. The quantitative estimate of drug-likeness (QED) is 0.837. The van der Waals surface area contributed by atoms with E-state index in [1.165, 1.54) is 6.07 Å². The topological polar surface area (TPSA) is 84.7 Å². The van der Waals surface area contributed by atoms with Crippen molar-refractivity contribution in [2.45, 2.75) is 0 Å². The van der Waals surface area contributed by atoms with Crippen LogP contribution in [-0.2, 0) is 9.53 Å². The summed E-state index contributed by atoms with van der Waals surface area (Å²) >= 11 is 5.85. The van der Waals surface area contributed by atoms with Crippen LogP contribution in [0.5, 0.6) is 0 Å². The second-order valence-corrected chi connectivity index (χ2v) is 5.74. The molecule has 0 unspecified atom stereocenters. The van der Waals surface area contributed by atoms with Gasteiger partial charge in [-0.3, -0.25) is 9.59 Å². The van der Waals surface area contributed by atoms with Gasteiger partial charge >= 0.3 is 0 Å². The van der Waals surface area contributed by atoms with Gasteiger partial charge in [0.25, 0.3) is 11.8 Å². The van der Waals surface area contributed by atoms with Gasteiger partial charge in [-0.05, 0) is 42.5 Å². The van der Waals surface area contributed by atoms with Crippen LogP contribution in [0.2, 0.25) is 5.02 Å². The highest BCUT2D eigenvalue weighted by molar-refractivity contribution is 6.33. The first-order valence-corrected chi connectivity index (χ1v) is 7.77. The fourth-order valence-corrected chi connectivity index (χ4v) is 2.52. The lowest BCUT2D eigenvalue weighted by molar-refractivity contribution is -0.125. The Morgan fingerprint density at radius 1 is 1.21 bits per heavy atom. The number of rotatable bonds is 3. The SMILES string of the molecule is Nc1cc(C(=O)Nc2ccc(N3CCOCC3=O)cc2)ccc1Cl. The van der Waals surface area contributed by atoms with E-state index in [9.17, 15) is 9.59 Å². The van der Waals surface area contributed by atoms with Crippen molar-refractivity contribution in [3.8, 4) is 0 Å². The molecule has 0 saturated carbocycles. The van der Waals surface area contributed by atoms with E-state index in [2.05, 4.69) is 5.32 Å². The molecule has 1 aliphatic heterocycles. The summed E-state index contributed by atoms with van der Waals surface area (Å²) in [6, 6.07) is 11.8. The van der Waals surface area contributed by atoms with Crippen molar-refractivity contribution in [3.05, 3.63) is 53.1 Å². The van der Waals surface area contributed by atoms with Gasteiger partial charge in [-0.2, -0.15) is 0 Å². The molecule has 1 saturated heterocycles. The van der Waals surface area contributed by atoms with Crippen molar-refractivity contribution in [3.63, 3.8) is 0 Å². The zero-order valence-electron chi connectivity index (χ0n) is 12.8. The van der Waals surface area contributed by atoms with E-state index in [4.69, 9.17) is 22.1 Å². The van der Waals surface area contributed by atoms with Crippen molar-refractivity contribution in [2.75, 3.05) is 35.7 Å². The summed E-state index contributed by atoms with van der Waals surface area (Å²) in [7, 11) is 0. The number of anilines is 3. The molecule has 0 radical (unpaired) electrons. The van der Waals surface area contributed by atoms with Crippen LogP contribution in [0.25, 0.3) is 0 Å². The lowest BCUT2D eigenvalue weighted by Gasteiger charge is -2.26. The number of halogens is 1. The van der Waals surface area contributed by atoms with Crippen LogP contribution in [-0.4, -0.2) is 31.6 Å². The van der Waals surface area contributed by atoms with Gasteiger partial charge in [0, 0.05) is 23.5 Å². The molecule has 2 aromatic rings. The third-order valence-corrected chi connectivity index (χ3v) is 4.03. The molecule has 0 aromatic heterocycles. The van der Waals surface area contributed by atoms with Crippen LogP contribution in [0.4, 0.5) is 17.1 Å². The number of benzene rings is 2. The maximum Gasteiger partial charge on any atom is 0.255 e. The highest BCUT2D eigenvalue weighted by Gasteiger charge is 2.20. The molecule has 1 aliphatic rings. The molecule has 0 aliphatic carbocycles. The molecular weight excluding hydrogens is 330 g/mol. The third kappa shape index (κ3) is 3.50. The Labute approximate surface area is 144 Å². The van der Waals surface area contributed by atoms with Crippen molar-refractivity contribution in [1.29, 1.82) is 0 Å². The molecular formula is C17H16ClN3O3. The first kappa shape index (κ1) is 16.3. The van der Waals surface area contributed by atoms with Crippen molar-refractivity contribution in [2.24, 2.45) is 0 Å². The van der Waals surface area contributed by atoms with Crippen molar-refractivity contribution in [1.82, 2.24) is 0 Å². The number of carbonyl (C=O) groups excluding carboxylic acids is 2. The summed E-state index contributed by atoms with van der Waals surface area (Å²) in [5, 5.41) is 3.19. The maximum absolute atomic E-state index is 12.2. The Balaban J connectivity index is 1.70. The Hall–Kier alpha value is -2.57. The van der Waals surface area contributed by atoms with Crippen LogP contribution in [0.1, 0.15) is 10.4 Å². The predicted octanol–water partition coefficient (Wildman–Crippen LogP) is 2.54. The summed E-state index contributed by atoms with van der Waals surface area (Å²) in [4.78, 5) is 25.7. The molecule has 0 atom stereocenters. The molecule has 3 rings (SSSR count). The fraction of sp³-hybridized carbons (Fsp3) is 0.176. The molecule has 124 valence electrons. The second kappa shape index (κ2) is 6.90. The Morgan fingerprint density at radius 2 is 1.96 bits per heavy atom. The highest BCUT2D eigenvalue weighted by Crippen LogP contribution is 2.22. The first-order chi connectivity index (χ1) is 11.5. The summed E-state index contributed by atoms with van der Waals surface area (Å²) in [6.45, 7) is 1.13. The zero-order valence-corrected chi connectivity index (χ0v) is 13.5. The summed E-state index contributed by atoms with van der Waals surface area (Å²) < 4.78 is 5.11. The second-order valence-electron chi connectivity index (χ2n) is 5.34. The molecule has 2 amide bonds. The van der Waals surface area contributed by atoms with E-state index >= 15 is 0 Å². The number of hydrogen-bond donors (Lipinski definition) is 2. The van der Waals surface area contributed by atoms with Gasteiger partial charge in [-0.25, -0.2) is 0 Å². The van der Waals surface area contributed by atoms with E-state index in [1.54, 1.807) is 41.3 Å². The Bertz CT molecular complexity index is 777. The van der Waals surface area contributed by atoms with Crippen LogP contribution in [0.15, 0.2) is 42.5 Å². The van der Waals surface area contributed by atoms with Crippen LogP contribution in [0, 0.1) is 0 Å². The molecule has 0 spiro atoms. The summed E-state index contributed by atoms with van der Waals surface area (Å²) in [6.07, 6.45) is 0. The van der Waals surface area contributed by atoms with Gasteiger partial charge in [0.2, 0.25) is 0 Å². The Morgan fingerprint density at radius 3 is 2.62 bits per heavy atom. The molecule has 7 heteroatoms. The molecule has 24 heavy (non-hydrogen) atoms. The normalized spacial score (nSPS) is 14.5. The zero-order chi connectivity index (χ0) is 17.1. The van der Waals surface area contributed by atoms with Crippen molar-refractivity contribution < 1.29 is 14.3 Å². The Kier molecular flexibility index (Phi) is 4.69. The standard InChI is InChI=1S/C17H16ClN3O3/c18-14-6-1-11(9-15(14)19)17(23)20-12-2-4-13(5-3-12)21-7-8-24-10-16(21)22/h1-6,9H,7-8,10,19H2,(H,20,23). The molecule has 0 bridgehead atoms. The van der Waals surface area contributed by atoms with E-state index < -0.39 is 0 Å². The van der Waals surface area contributed by atoms with Gasteiger partial charge in [0.15, 0.2) is 0 Å². The van der Waals surface area contributed by atoms with E-state index in [1.807, 2.05) is 0 Å². The van der Waals surface area contributed by atoms with Crippen LogP contribution >= 0.6 is 11.6 Å². The maximum atomic E-state index is 12.2. The number of nitrogens with zero attached hydrogens (tertiary/aromatic N) is 1. The lowest BCUT2D eigenvalue weighted by atomic mass is 10.2. The van der Waals surface area contributed by atoms with Crippen LogP contribution < -0.4 is 16.0 Å². The third-order valence-electron chi connectivity index (χ3n) is 3.68. The van der Waals surface area contributed by atoms with Crippen LogP contribution in [0.3, 0.4) is 0 Å². The predicted molar refractivity (Wildman–Crippen MR) is 93.4 cm³/mol.